The van der Waals surface area contributed by atoms with Crippen molar-refractivity contribution in [2.45, 2.75) is 25.2 Å². The Bertz CT molecular complexity index is 495. The predicted molar refractivity (Wildman–Crippen MR) is 83.5 cm³/mol. The largest absolute Gasteiger partial charge is 0.384 e. The summed E-state index contributed by atoms with van der Waals surface area (Å²) in [6.07, 6.45) is 2.76. The average molecular weight is 288 g/mol. The van der Waals surface area contributed by atoms with Gasteiger partial charge in [0.15, 0.2) is 0 Å². The topological polar surface area (TPSA) is 41.6 Å². The Labute approximate surface area is 126 Å². The number of anilines is 1. The second kappa shape index (κ2) is 6.48. The molecule has 2 aliphatic heterocycles. The first-order valence-corrected chi connectivity index (χ1v) is 7.87. The van der Waals surface area contributed by atoms with Crippen molar-refractivity contribution in [3.8, 4) is 0 Å². The minimum atomic E-state index is 0.300. The summed E-state index contributed by atoms with van der Waals surface area (Å²) in [6.45, 7) is 3.47. The molecule has 1 fully saturated rings. The standard InChI is InChI=1S/C17H24N2O2/c1-21-12-13-6-8-19(9-7-13)17(20)10-14-11-18-16-5-3-2-4-15(14)16/h2-5,13-14,18H,6-12H2,1H3. The third-order valence-electron chi connectivity index (χ3n) is 4.73. The normalized spacial score (nSPS) is 22.0. The van der Waals surface area contributed by atoms with Gasteiger partial charge in [-0.1, -0.05) is 18.2 Å². The van der Waals surface area contributed by atoms with Crippen molar-refractivity contribution in [3.63, 3.8) is 0 Å². The summed E-state index contributed by atoms with van der Waals surface area (Å²) >= 11 is 0. The third kappa shape index (κ3) is 3.21. The van der Waals surface area contributed by atoms with Crippen LogP contribution in [0.25, 0.3) is 0 Å². The fourth-order valence-corrected chi connectivity index (χ4v) is 3.46. The van der Waals surface area contributed by atoms with E-state index < -0.39 is 0 Å². The maximum Gasteiger partial charge on any atom is 0.223 e. The number of nitrogens with one attached hydrogen (secondary N) is 1. The smallest absolute Gasteiger partial charge is 0.223 e. The summed E-state index contributed by atoms with van der Waals surface area (Å²) in [6, 6.07) is 8.32. The molecule has 1 N–H and O–H groups in total. The number of hydrogen-bond acceptors (Lipinski definition) is 3. The van der Waals surface area contributed by atoms with Crippen LogP contribution in [0.5, 0.6) is 0 Å². The van der Waals surface area contributed by atoms with Crippen LogP contribution in [0.4, 0.5) is 5.69 Å². The van der Waals surface area contributed by atoms with E-state index in [0.717, 1.165) is 39.1 Å². The van der Waals surface area contributed by atoms with Gasteiger partial charge in [-0.05, 0) is 30.4 Å². The molecule has 0 bridgehead atoms. The predicted octanol–water partition coefficient (Wildman–Crippen LogP) is 2.47. The molecule has 114 valence electrons. The Morgan fingerprint density at radius 2 is 2.10 bits per heavy atom. The van der Waals surface area contributed by atoms with Crippen molar-refractivity contribution in [1.82, 2.24) is 4.90 Å². The van der Waals surface area contributed by atoms with E-state index in [1.807, 2.05) is 11.0 Å². The summed E-state index contributed by atoms with van der Waals surface area (Å²) in [5.74, 6) is 1.24. The van der Waals surface area contributed by atoms with Crippen LogP contribution in [-0.2, 0) is 9.53 Å². The molecule has 0 radical (unpaired) electrons. The zero-order valence-electron chi connectivity index (χ0n) is 12.7. The molecular weight excluding hydrogens is 264 g/mol. The molecule has 0 saturated carbocycles. The summed E-state index contributed by atoms with van der Waals surface area (Å²) < 4.78 is 5.21. The molecule has 21 heavy (non-hydrogen) atoms. The second-order valence-corrected chi connectivity index (χ2v) is 6.15. The van der Waals surface area contributed by atoms with Gasteiger partial charge in [-0.15, -0.1) is 0 Å². The summed E-state index contributed by atoms with van der Waals surface area (Å²) in [5, 5.41) is 3.40. The van der Waals surface area contributed by atoms with Gasteiger partial charge < -0.3 is 15.0 Å². The van der Waals surface area contributed by atoms with Crippen molar-refractivity contribution >= 4 is 11.6 Å². The van der Waals surface area contributed by atoms with E-state index in [4.69, 9.17) is 4.74 Å². The Hall–Kier alpha value is -1.55. The summed E-state index contributed by atoms with van der Waals surface area (Å²) in [7, 11) is 1.75. The van der Waals surface area contributed by atoms with Gasteiger partial charge in [0.05, 0.1) is 0 Å². The Morgan fingerprint density at radius 1 is 1.33 bits per heavy atom. The van der Waals surface area contributed by atoms with Crippen LogP contribution in [0.1, 0.15) is 30.7 Å². The quantitative estimate of drug-likeness (QED) is 0.925. The Balaban J connectivity index is 1.54. The lowest BCUT2D eigenvalue weighted by atomic mass is 9.94. The van der Waals surface area contributed by atoms with Gasteiger partial charge in [-0.25, -0.2) is 0 Å². The van der Waals surface area contributed by atoms with Crippen LogP contribution in [0.3, 0.4) is 0 Å². The highest BCUT2D eigenvalue weighted by molar-refractivity contribution is 5.78. The molecule has 1 saturated heterocycles. The molecule has 2 aliphatic rings. The van der Waals surface area contributed by atoms with Gasteiger partial charge >= 0.3 is 0 Å². The van der Waals surface area contributed by atoms with E-state index >= 15 is 0 Å². The highest BCUT2D eigenvalue weighted by Gasteiger charge is 2.28. The molecule has 0 aromatic heterocycles. The van der Waals surface area contributed by atoms with Gasteiger partial charge in [0.25, 0.3) is 0 Å². The van der Waals surface area contributed by atoms with Crippen molar-refractivity contribution in [2.75, 3.05) is 38.7 Å². The highest BCUT2D eigenvalue weighted by Crippen LogP contribution is 2.33. The maximum absolute atomic E-state index is 12.5. The number of para-hydroxylation sites is 1. The summed E-state index contributed by atoms with van der Waals surface area (Å²) in [5.41, 5.74) is 2.48. The van der Waals surface area contributed by atoms with Crippen molar-refractivity contribution in [2.24, 2.45) is 5.92 Å². The number of carbonyl (C=O) groups is 1. The molecule has 1 amide bonds. The zero-order valence-corrected chi connectivity index (χ0v) is 12.7. The third-order valence-corrected chi connectivity index (χ3v) is 4.73. The number of fused-ring (bicyclic) bond motifs is 1. The first-order valence-electron chi connectivity index (χ1n) is 7.87. The number of methoxy groups -OCH3 is 1. The van der Waals surface area contributed by atoms with E-state index in [2.05, 4.69) is 23.5 Å². The van der Waals surface area contributed by atoms with E-state index in [0.29, 0.717) is 24.2 Å². The Kier molecular flexibility index (Phi) is 4.44. The minimum absolute atomic E-state index is 0.300. The molecule has 0 aliphatic carbocycles. The van der Waals surface area contributed by atoms with Crippen molar-refractivity contribution < 1.29 is 9.53 Å². The van der Waals surface area contributed by atoms with Crippen LogP contribution in [0.15, 0.2) is 24.3 Å². The molecule has 1 aromatic rings. The van der Waals surface area contributed by atoms with Gasteiger partial charge in [0.2, 0.25) is 5.91 Å². The molecule has 4 heteroatoms. The number of ether oxygens (including phenoxy) is 1. The summed E-state index contributed by atoms with van der Waals surface area (Å²) in [4.78, 5) is 14.5. The Morgan fingerprint density at radius 3 is 2.86 bits per heavy atom. The van der Waals surface area contributed by atoms with E-state index in [1.54, 1.807) is 7.11 Å². The number of nitrogens with zero attached hydrogens (tertiary/aromatic N) is 1. The van der Waals surface area contributed by atoms with Gasteiger partial charge in [0.1, 0.15) is 0 Å². The van der Waals surface area contributed by atoms with Gasteiger partial charge in [-0.2, -0.15) is 0 Å². The minimum Gasteiger partial charge on any atom is -0.384 e. The number of likely N-dealkylation sites (tertiary alicyclic amines) is 1. The first-order chi connectivity index (χ1) is 10.3. The number of carbonyl (C=O) groups excluding carboxylic acids is 1. The van der Waals surface area contributed by atoms with Crippen LogP contribution >= 0.6 is 0 Å². The number of hydrogen-bond donors (Lipinski definition) is 1. The number of amides is 1. The van der Waals surface area contributed by atoms with Crippen LogP contribution in [0, 0.1) is 5.92 Å². The lowest BCUT2D eigenvalue weighted by molar-refractivity contribution is -0.133. The van der Waals surface area contributed by atoms with Crippen molar-refractivity contribution in [3.05, 3.63) is 29.8 Å². The lowest BCUT2D eigenvalue weighted by Gasteiger charge is -2.32. The number of rotatable bonds is 4. The highest BCUT2D eigenvalue weighted by atomic mass is 16.5. The SMILES string of the molecule is COCC1CCN(C(=O)CC2CNc3ccccc32)CC1. The van der Waals surface area contributed by atoms with Crippen molar-refractivity contribution in [1.29, 1.82) is 0 Å². The molecule has 2 heterocycles. The molecule has 1 atom stereocenters. The van der Waals surface area contributed by atoms with Crippen LogP contribution < -0.4 is 5.32 Å². The van der Waals surface area contributed by atoms with Gasteiger partial charge in [-0.3, -0.25) is 4.79 Å². The van der Waals surface area contributed by atoms with Crippen LogP contribution in [-0.4, -0.2) is 44.2 Å². The lowest BCUT2D eigenvalue weighted by Crippen LogP contribution is -2.40. The zero-order chi connectivity index (χ0) is 14.7. The molecule has 0 spiro atoms. The fraction of sp³-hybridized carbons (Fsp3) is 0.588. The fourth-order valence-electron chi connectivity index (χ4n) is 3.46. The second-order valence-electron chi connectivity index (χ2n) is 6.15. The van der Waals surface area contributed by atoms with E-state index in [9.17, 15) is 4.79 Å². The average Bonchev–Trinajstić information content (AvgIpc) is 2.92. The van der Waals surface area contributed by atoms with Crippen LogP contribution in [0.2, 0.25) is 0 Å². The molecule has 1 unspecified atom stereocenters. The maximum atomic E-state index is 12.5. The van der Waals surface area contributed by atoms with E-state index in [1.165, 1.54) is 11.3 Å². The van der Waals surface area contributed by atoms with Gasteiger partial charge in [0, 0.05) is 51.4 Å². The molecule has 3 rings (SSSR count). The first kappa shape index (κ1) is 14.4. The molecular formula is C17H24N2O2. The molecule has 1 aromatic carbocycles. The number of piperidine rings is 1. The van der Waals surface area contributed by atoms with E-state index in [-0.39, 0.29) is 0 Å². The monoisotopic (exact) mass is 288 g/mol. The molecule has 4 nitrogen and oxygen atoms in total. The number of benzene rings is 1.